The summed E-state index contributed by atoms with van der Waals surface area (Å²) in [4.78, 5) is 0. The van der Waals surface area contributed by atoms with Gasteiger partial charge in [0, 0.05) is 6.54 Å². The third kappa shape index (κ3) is 12.4. The Labute approximate surface area is 95.7 Å². The lowest BCUT2D eigenvalue weighted by Crippen LogP contribution is -2.24. The van der Waals surface area contributed by atoms with E-state index in [4.69, 9.17) is 0 Å². The van der Waals surface area contributed by atoms with Crippen molar-refractivity contribution in [3.63, 3.8) is 0 Å². The van der Waals surface area contributed by atoms with Crippen molar-refractivity contribution in [2.24, 2.45) is 0 Å². The second-order valence-corrected chi connectivity index (χ2v) is 3.89. The highest BCUT2D eigenvalue weighted by Gasteiger charge is 2.26. The molecule has 0 aliphatic carbocycles. The molecule has 14 heavy (non-hydrogen) atoms. The smallest absolute Gasteiger partial charge is 0.371 e. The second kappa shape index (κ2) is 8.72. The van der Waals surface area contributed by atoms with Gasteiger partial charge in [0.15, 0.2) is 0 Å². The molecule has 0 aromatic carbocycles. The standard InChI is InChI=1S/C8H15F3INO/c9-8(10,11)7-14-6-5-13-4-2-1-3-12/h13H,1-7H2. The van der Waals surface area contributed by atoms with Crippen molar-refractivity contribution in [2.75, 3.05) is 30.7 Å². The van der Waals surface area contributed by atoms with Gasteiger partial charge in [0.1, 0.15) is 6.61 Å². The number of rotatable bonds is 8. The number of ether oxygens (including phenoxy) is 1. The Bertz CT molecular complexity index is 132. The van der Waals surface area contributed by atoms with Crippen LogP contribution in [0, 0.1) is 0 Å². The average molecular weight is 325 g/mol. The summed E-state index contributed by atoms with van der Waals surface area (Å²) in [5, 5.41) is 3.01. The minimum Gasteiger partial charge on any atom is -0.371 e. The zero-order valence-electron chi connectivity index (χ0n) is 7.87. The topological polar surface area (TPSA) is 21.3 Å². The number of halogens is 4. The molecular formula is C8H15F3INO. The van der Waals surface area contributed by atoms with Crippen LogP contribution in [0.5, 0.6) is 0 Å². The van der Waals surface area contributed by atoms with Crippen molar-refractivity contribution in [2.45, 2.75) is 19.0 Å². The van der Waals surface area contributed by atoms with Crippen LogP contribution in [0.25, 0.3) is 0 Å². The van der Waals surface area contributed by atoms with Crippen LogP contribution in [0.4, 0.5) is 13.2 Å². The van der Waals surface area contributed by atoms with E-state index >= 15 is 0 Å². The van der Waals surface area contributed by atoms with Gasteiger partial charge in [-0.2, -0.15) is 13.2 Å². The van der Waals surface area contributed by atoms with E-state index in [1.54, 1.807) is 0 Å². The summed E-state index contributed by atoms with van der Waals surface area (Å²) in [6, 6.07) is 0. The fourth-order valence-corrected chi connectivity index (χ4v) is 1.34. The van der Waals surface area contributed by atoms with Crippen molar-refractivity contribution in [1.29, 1.82) is 0 Å². The summed E-state index contributed by atoms with van der Waals surface area (Å²) in [5.74, 6) is 0. The Hall–Kier alpha value is 0.440. The number of hydrogen-bond acceptors (Lipinski definition) is 2. The minimum absolute atomic E-state index is 0.115. The number of nitrogens with one attached hydrogen (secondary N) is 1. The Morgan fingerprint density at radius 1 is 1.14 bits per heavy atom. The molecule has 0 spiro atoms. The molecule has 0 saturated carbocycles. The van der Waals surface area contributed by atoms with Crippen LogP contribution in [-0.4, -0.2) is 36.9 Å². The molecule has 0 amide bonds. The van der Waals surface area contributed by atoms with Gasteiger partial charge in [-0.05, 0) is 23.8 Å². The first-order valence-corrected chi connectivity index (χ1v) is 6.00. The molecule has 0 saturated heterocycles. The highest BCUT2D eigenvalue weighted by Crippen LogP contribution is 2.13. The highest BCUT2D eigenvalue weighted by molar-refractivity contribution is 14.1. The van der Waals surface area contributed by atoms with E-state index in [0.29, 0.717) is 6.54 Å². The van der Waals surface area contributed by atoms with E-state index in [-0.39, 0.29) is 6.61 Å². The minimum atomic E-state index is -4.21. The molecule has 0 aliphatic heterocycles. The van der Waals surface area contributed by atoms with Crippen LogP contribution < -0.4 is 5.32 Å². The monoisotopic (exact) mass is 325 g/mol. The average Bonchev–Trinajstić information content (AvgIpc) is 2.08. The van der Waals surface area contributed by atoms with Crippen LogP contribution in [0.1, 0.15) is 12.8 Å². The number of alkyl halides is 4. The molecule has 0 bridgehead atoms. The molecule has 0 heterocycles. The maximum Gasteiger partial charge on any atom is 0.411 e. The van der Waals surface area contributed by atoms with E-state index in [2.05, 4.69) is 32.6 Å². The highest BCUT2D eigenvalue weighted by atomic mass is 127. The van der Waals surface area contributed by atoms with Crippen molar-refractivity contribution in [3.05, 3.63) is 0 Å². The zero-order valence-corrected chi connectivity index (χ0v) is 10.0. The molecule has 0 unspecified atom stereocenters. The first-order chi connectivity index (χ1) is 6.56. The Morgan fingerprint density at radius 3 is 2.43 bits per heavy atom. The zero-order chi connectivity index (χ0) is 10.9. The first-order valence-electron chi connectivity index (χ1n) is 4.47. The van der Waals surface area contributed by atoms with Gasteiger partial charge < -0.3 is 10.1 Å². The van der Waals surface area contributed by atoms with Crippen LogP contribution in [0.15, 0.2) is 0 Å². The van der Waals surface area contributed by atoms with Crippen molar-refractivity contribution < 1.29 is 17.9 Å². The summed E-state index contributed by atoms with van der Waals surface area (Å²) in [5.41, 5.74) is 0. The molecule has 0 aromatic rings. The van der Waals surface area contributed by atoms with E-state index in [1.807, 2.05) is 0 Å². The predicted molar refractivity (Wildman–Crippen MR) is 57.9 cm³/mol. The van der Waals surface area contributed by atoms with E-state index in [9.17, 15) is 13.2 Å². The van der Waals surface area contributed by atoms with Gasteiger partial charge in [-0.25, -0.2) is 0 Å². The van der Waals surface area contributed by atoms with Crippen LogP contribution in [-0.2, 0) is 4.74 Å². The largest absolute Gasteiger partial charge is 0.411 e. The lowest BCUT2D eigenvalue weighted by atomic mass is 10.3. The number of hydrogen-bond donors (Lipinski definition) is 1. The molecule has 0 rings (SSSR count). The molecule has 6 heteroatoms. The quantitative estimate of drug-likeness (QED) is 0.420. The van der Waals surface area contributed by atoms with Gasteiger partial charge in [0.05, 0.1) is 6.61 Å². The molecule has 0 aliphatic rings. The Kier molecular flexibility index (Phi) is 9.00. The molecule has 0 fully saturated rings. The molecular weight excluding hydrogens is 310 g/mol. The summed E-state index contributed by atoms with van der Waals surface area (Å²) >= 11 is 2.29. The van der Waals surface area contributed by atoms with Gasteiger partial charge in [-0.3, -0.25) is 0 Å². The van der Waals surface area contributed by atoms with Gasteiger partial charge in [0.25, 0.3) is 0 Å². The Balaban J connectivity index is 2.99. The van der Waals surface area contributed by atoms with Crippen molar-refractivity contribution in [1.82, 2.24) is 5.32 Å². The summed E-state index contributed by atoms with van der Waals surface area (Å²) in [7, 11) is 0. The van der Waals surface area contributed by atoms with Crippen LogP contribution in [0.3, 0.4) is 0 Å². The summed E-state index contributed by atoms with van der Waals surface area (Å²) in [6.07, 6.45) is -2.01. The van der Waals surface area contributed by atoms with Gasteiger partial charge in [0.2, 0.25) is 0 Å². The molecule has 0 radical (unpaired) electrons. The normalized spacial score (nSPS) is 12.0. The third-order valence-electron chi connectivity index (χ3n) is 1.43. The second-order valence-electron chi connectivity index (χ2n) is 2.81. The van der Waals surface area contributed by atoms with Crippen molar-refractivity contribution >= 4 is 22.6 Å². The molecule has 86 valence electrons. The summed E-state index contributed by atoms with van der Waals surface area (Å²) in [6.45, 7) is 0.294. The third-order valence-corrected chi connectivity index (χ3v) is 2.19. The molecule has 1 N–H and O–H groups in total. The predicted octanol–water partition coefficient (Wildman–Crippen LogP) is 2.37. The van der Waals surface area contributed by atoms with Gasteiger partial charge >= 0.3 is 6.18 Å². The fourth-order valence-electron chi connectivity index (χ4n) is 0.802. The lowest BCUT2D eigenvalue weighted by molar-refractivity contribution is -0.173. The van der Waals surface area contributed by atoms with Crippen molar-refractivity contribution in [3.8, 4) is 0 Å². The van der Waals surface area contributed by atoms with Crippen LogP contribution in [0.2, 0.25) is 0 Å². The molecule has 0 atom stereocenters. The van der Waals surface area contributed by atoms with Gasteiger partial charge in [-0.1, -0.05) is 22.6 Å². The van der Waals surface area contributed by atoms with Gasteiger partial charge in [-0.15, -0.1) is 0 Å². The maximum atomic E-state index is 11.6. The van der Waals surface area contributed by atoms with E-state index in [0.717, 1.165) is 23.8 Å². The molecule has 0 aromatic heterocycles. The lowest BCUT2D eigenvalue weighted by Gasteiger charge is -2.08. The Morgan fingerprint density at radius 2 is 1.86 bits per heavy atom. The molecule has 2 nitrogen and oxygen atoms in total. The van der Waals surface area contributed by atoms with Crippen LogP contribution >= 0.6 is 22.6 Å². The fraction of sp³-hybridized carbons (Fsp3) is 1.00. The first kappa shape index (κ1) is 14.4. The van der Waals surface area contributed by atoms with E-state index in [1.165, 1.54) is 0 Å². The van der Waals surface area contributed by atoms with E-state index < -0.39 is 12.8 Å². The number of unbranched alkanes of at least 4 members (excludes halogenated alkanes) is 1. The summed E-state index contributed by atoms with van der Waals surface area (Å²) < 4.78 is 40.3. The SMILES string of the molecule is FC(F)(F)COCCNCCCCI. The maximum absolute atomic E-state index is 11.6.